The Balaban J connectivity index is 2.83. The van der Waals surface area contributed by atoms with Crippen molar-refractivity contribution >= 4 is 29.2 Å². The second-order valence-corrected chi connectivity index (χ2v) is 3.42. The SMILES string of the molecule is CC[C@H]1C(=S)NC(=O)N[C@@H]1C(=O)OC. The summed E-state index contributed by atoms with van der Waals surface area (Å²) in [4.78, 5) is 22.7. The molecule has 0 radical (unpaired) electrons. The van der Waals surface area contributed by atoms with Gasteiger partial charge in [-0.05, 0) is 6.42 Å². The van der Waals surface area contributed by atoms with Gasteiger partial charge in [0.2, 0.25) is 0 Å². The van der Waals surface area contributed by atoms with E-state index >= 15 is 0 Å². The van der Waals surface area contributed by atoms with Crippen LogP contribution in [0.4, 0.5) is 4.79 Å². The first-order chi connectivity index (χ1) is 6.60. The van der Waals surface area contributed by atoms with Crippen molar-refractivity contribution in [1.29, 1.82) is 0 Å². The largest absolute Gasteiger partial charge is 0.467 e. The van der Waals surface area contributed by atoms with Crippen molar-refractivity contribution in [2.24, 2.45) is 5.92 Å². The highest BCUT2D eigenvalue weighted by Crippen LogP contribution is 2.15. The summed E-state index contributed by atoms with van der Waals surface area (Å²) >= 11 is 4.97. The van der Waals surface area contributed by atoms with Crippen LogP contribution in [0.1, 0.15) is 13.3 Å². The van der Waals surface area contributed by atoms with Crippen LogP contribution in [0.5, 0.6) is 0 Å². The molecule has 0 saturated carbocycles. The Hall–Kier alpha value is -1.17. The summed E-state index contributed by atoms with van der Waals surface area (Å²) < 4.78 is 4.58. The molecule has 0 aromatic carbocycles. The van der Waals surface area contributed by atoms with Gasteiger partial charge in [-0.15, -0.1) is 0 Å². The van der Waals surface area contributed by atoms with E-state index in [9.17, 15) is 9.59 Å². The zero-order valence-corrected chi connectivity index (χ0v) is 8.81. The topological polar surface area (TPSA) is 67.4 Å². The highest BCUT2D eigenvalue weighted by atomic mass is 32.1. The maximum absolute atomic E-state index is 11.3. The van der Waals surface area contributed by atoms with Crippen LogP contribution in [0.15, 0.2) is 0 Å². The fourth-order valence-electron chi connectivity index (χ4n) is 1.41. The average Bonchev–Trinajstić information content (AvgIpc) is 2.15. The summed E-state index contributed by atoms with van der Waals surface area (Å²) in [6.45, 7) is 1.89. The third kappa shape index (κ3) is 2.01. The lowest BCUT2D eigenvalue weighted by Gasteiger charge is -2.30. The highest BCUT2D eigenvalue weighted by Gasteiger charge is 2.36. The number of carbonyl (C=O) groups is 2. The van der Waals surface area contributed by atoms with Crippen LogP contribution in [0, 0.1) is 5.92 Å². The van der Waals surface area contributed by atoms with E-state index < -0.39 is 18.0 Å². The van der Waals surface area contributed by atoms with Crippen molar-refractivity contribution in [3.05, 3.63) is 0 Å². The molecule has 2 amide bonds. The molecule has 2 atom stereocenters. The minimum absolute atomic E-state index is 0.185. The lowest BCUT2D eigenvalue weighted by atomic mass is 9.95. The number of urea groups is 1. The van der Waals surface area contributed by atoms with Crippen molar-refractivity contribution < 1.29 is 14.3 Å². The Morgan fingerprint density at radius 2 is 2.29 bits per heavy atom. The second-order valence-electron chi connectivity index (χ2n) is 2.98. The monoisotopic (exact) mass is 216 g/mol. The molecular formula is C8H12N2O3S. The van der Waals surface area contributed by atoms with Gasteiger partial charge in [-0.25, -0.2) is 9.59 Å². The van der Waals surface area contributed by atoms with Crippen LogP contribution in [0.3, 0.4) is 0 Å². The molecule has 0 unspecified atom stereocenters. The Kier molecular flexibility index (Phi) is 3.40. The Morgan fingerprint density at radius 1 is 1.64 bits per heavy atom. The molecule has 1 fully saturated rings. The van der Waals surface area contributed by atoms with E-state index in [0.717, 1.165) is 0 Å². The number of hydrogen-bond acceptors (Lipinski definition) is 4. The normalized spacial score (nSPS) is 26.4. The number of thiocarbonyl (C=S) groups is 1. The number of rotatable bonds is 2. The Labute approximate surface area is 87.2 Å². The van der Waals surface area contributed by atoms with E-state index in [-0.39, 0.29) is 5.92 Å². The van der Waals surface area contributed by atoms with E-state index in [1.165, 1.54) is 7.11 Å². The summed E-state index contributed by atoms with van der Waals surface area (Å²) in [5.74, 6) is -0.649. The molecule has 1 heterocycles. The molecule has 0 aromatic rings. The van der Waals surface area contributed by atoms with Gasteiger partial charge in [-0.1, -0.05) is 19.1 Å². The van der Waals surface area contributed by atoms with Crippen molar-refractivity contribution in [1.82, 2.24) is 10.6 Å². The number of carbonyl (C=O) groups excluding carboxylic acids is 2. The van der Waals surface area contributed by atoms with Crippen LogP contribution in [-0.4, -0.2) is 30.1 Å². The van der Waals surface area contributed by atoms with Crippen LogP contribution in [0.25, 0.3) is 0 Å². The molecule has 0 spiro atoms. The fourth-order valence-corrected chi connectivity index (χ4v) is 1.80. The smallest absolute Gasteiger partial charge is 0.329 e. The standard InChI is InChI=1S/C8H12N2O3S/c1-3-4-5(7(11)13-2)9-8(12)10-6(4)14/h4-5H,3H2,1-2H3,(H2,9,10,12,14)/t4-,5+/m1/s1. The maximum Gasteiger partial charge on any atom is 0.329 e. The molecule has 5 nitrogen and oxygen atoms in total. The number of hydrogen-bond donors (Lipinski definition) is 2. The lowest BCUT2D eigenvalue weighted by Crippen LogP contribution is -2.60. The molecule has 1 aliphatic rings. The Bertz CT molecular complexity index is 280. The van der Waals surface area contributed by atoms with Gasteiger partial charge in [0.05, 0.1) is 12.1 Å². The highest BCUT2D eigenvalue weighted by molar-refractivity contribution is 7.80. The molecule has 6 heteroatoms. The summed E-state index contributed by atoms with van der Waals surface area (Å²) in [5.41, 5.74) is 0. The van der Waals surface area contributed by atoms with Crippen molar-refractivity contribution in [2.45, 2.75) is 19.4 Å². The van der Waals surface area contributed by atoms with Gasteiger partial charge in [0, 0.05) is 5.92 Å². The summed E-state index contributed by atoms with van der Waals surface area (Å²) in [6.07, 6.45) is 0.673. The second kappa shape index (κ2) is 4.36. The van der Waals surface area contributed by atoms with E-state index in [0.29, 0.717) is 11.4 Å². The van der Waals surface area contributed by atoms with E-state index in [1.807, 2.05) is 6.92 Å². The quantitative estimate of drug-likeness (QED) is 0.511. The molecule has 2 N–H and O–H groups in total. The molecule has 0 aliphatic carbocycles. The number of amides is 2. The molecule has 1 rings (SSSR count). The zero-order chi connectivity index (χ0) is 10.7. The van der Waals surface area contributed by atoms with Crippen LogP contribution < -0.4 is 10.6 Å². The number of ether oxygens (including phenoxy) is 1. The molecular weight excluding hydrogens is 204 g/mol. The van der Waals surface area contributed by atoms with Gasteiger partial charge < -0.3 is 15.4 Å². The predicted molar refractivity (Wildman–Crippen MR) is 53.9 cm³/mol. The first kappa shape index (κ1) is 10.9. The number of nitrogens with one attached hydrogen (secondary N) is 2. The van der Waals surface area contributed by atoms with Gasteiger partial charge >= 0.3 is 12.0 Å². The zero-order valence-electron chi connectivity index (χ0n) is 7.99. The summed E-state index contributed by atoms with van der Waals surface area (Å²) in [6, 6.07) is -1.11. The minimum Gasteiger partial charge on any atom is -0.467 e. The van der Waals surface area contributed by atoms with Crippen LogP contribution >= 0.6 is 12.2 Å². The van der Waals surface area contributed by atoms with Crippen molar-refractivity contribution in [3.8, 4) is 0 Å². The molecule has 1 aliphatic heterocycles. The first-order valence-electron chi connectivity index (χ1n) is 4.29. The maximum atomic E-state index is 11.3. The molecule has 0 bridgehead atoms. The van der Waals surface area contributed by atoms with Crippen LogP contribution in [0.2, 0.25) is 0 Å². The van der Waals surface area contributed by atoms with E-state index in [2.05, 4.69) is 15.4 Å². The van der Waals surface area contributed by atoms with Gasteiger partial charge in [0.25, 0.3) is 0 Å². The van der Waals surface area contributed by atoms with E-state index in [4.69, 9.17) is 12.2 Å². The minimum atomic E-state index is -0.661. The number of methoxy groups -OCH3 is 1. The van der Waals surface area contributed by atoms with Gasteiger partial charge in [-0.2, -0.15) is 0 Å². The van der Waals surface area contributed by atoms with Crippen molar-refractivity contribution in [2.75, 3.05) is 7.11 Å². The van der Waals surface area contributed by atoms with Gasteiger partial charge in [0.1, 0.15) is 6.04 Å². The third-order valence-electron chi connectivity index (χ3n) is 2.16. The van der Waals surface area contributed by atoms with Gasteiger partial charge in [0.15, 0.2) is 0 Å². The lowest BCUT2D eigenvalue weighted by molar-refractivity contribution is -0.143. The summed E-state index contributed by atoms with van der Waals surface area (Å²) in [7, 11) is 1.28. The third-order valence-corrected chi connectivity index (χ3v) is 2.56. The van der Waals surface area contributed by atoms with Crippen molar-refractivity contribution in [3.63, 3.8) is 0 Å². The molecule has 14 heavy (non-hydrogen) atoms. The predicted octanol–water partition coefficient (Wildman–Crippen LogP) is 0.194. The first-order valence-corrected chi connectivity index (χ1v) is 4.70. The molecule has 1 saturated heterocycles. The number of esters is 1. The Morgan fingerprint density at radius 3 is 2.79 bits per heavy atom. The molecule has 78 valence electrons. The molecule has 0 aromatic heterocycles. The van der Waals surface area contributed by atoms with Crippen LogP contribution in [-0.2, 0) is 9.53 Å². The summed E-state index contributed by atoms with van der Waals surface area (Å²) in [5, 5.41) is 4.95. The fraction of sp³-hybridized carbons (Fsp3) is 0.625. The average molecular weight is 216 g/mol. The van der Waals surface area contributed by atoms with Gasteiger partial charge in [-0.3, -0.25) is 0 Å². The van der Waals surface area contributed by atoms with E-state index in [1.54, 1.807) is 0 Å².